The molecule has 2 heterocycles. The Labute approximate surface area is 148 Å². The molecule has 24 heavy (non-hydrogen) atoms. The molecule has 0 bridgehead atoms. The minimum Gasteiger partial charge on any atom is -0.495 e. The van der Waals surface area contributed by atoms with Gasteiger partial charge in [0, 0.05) is 29.1 Å². The molecule has 1 saturated heterocycles. The van der Waals surface area contributed by atoms with E-state index in [0.29, 0.717) is 21.6 Å². The van der Waals surface area contributed by atoms with Gasteiger partial charge >= 0.3 is 0 Å². The van der Waals surface area contributed by atoms with Gasteiger partial charge in [0.05, 0.1) is 18.7 Å². The number of carbonyl (C=O) groups is 2. The summed E-state index contributed by atoms with van der Waals surface area (Å²) in [6.07, 6.45) is 1.84. The summed E-state index contributed by atoms with van der Waals surface area (Å²) in [5.74, 6) is -0.234. The second-order valence-electron chi connectivity index (χ2n) is 5.49. The lowest BCUT2D eigenvalue weighted by Crippen LogP contribution is -2.28. The molecule has 2 amide bonds. The van der Waals surface area contributed by atoms with Crippen LogP contribution in [0.15, 0.2) is 24.4 Å². The molecule has 0 aliphatic carbocycles. The number of halogens is 1. The first-order chi connectivity index (χ1) is 11.5. The van der Waals surface area contributed by atoms with Crippen LogP contribution >= 0.6 is 22.9 Å². The van der Waals surface area contributed by atoms with Gasteiger partial charge < -0.3 is 15.0 Å². The Morgan fingerprint density at radius 2 is 2.29 bits per heavy atom. The van der Waals surface area contributed by atoms with Gasteiger partial charge in [-0.2, -0.15) is 0 Å². The molecule has 1 aliphatic rings. The Morgan fingerprint density at radius 3 is 2.96 bits per heavy atom. The third kappa shape index (κ3) is 3.37. The highest BCUT2D eigenvalue weighted by atomic mass is 35.5. The molecule has 1 aromatic heterocycles. The maximum atomic E-state index is 12.4. The molecule has 0 radical (unpaired) electrons. The Morgan fingerprint density at radius 1 is 1.50 bits per heavy atom. The van der Waals surface area contributed by atoms with Crippen molar-refractivity contribution in [1.29, 1.82) is 0 Å². The van der Waals surface area contributed by atoms with E-state index in [9.17, 15) is 9.59 Å². The van der Waals surface area contributed by atoms with Gasteiger partial charge in [-0.1, -0.05) is 11.6 Å². The van der Waals surface area contributed by atoms with Crippen molar-refractivity contribution in [3.63, 3.8) is 0 Å². The van der Waals surface area contributed by atoms with Crippen LogP contribution < -0.4 is 15.0 Å². The molecule has 0 saturated carbocycles. The monoisotopic (exact) mass is 365 g/mol. The van der Waals surface area contributed by atoms with Crippen molar-refractivity contribution in [2.45, 2.75) is 13.3 Å². The van der Waals surface area contributed by atoms with E-state index in [1.807, 2.05) is 6.92 Å². The fourth-order valence-corrected chi connectivity index (χ4v) is 3.44. The quantitative estimate of drug-likeness (QED) is 0.903. The standard InChI is InChI=1S/C16H16ClN3O3S/c1-9-7-18-16(24-9)19-15(22)10-5-14(21)20(8-10)12-6-11(17)3-4-13(12)23-2/h3-4,6-7,10H,5,8H2,1-2H3,(H,18,19,22). The summed E-state index contributed by atoms with van der Waals surface area (Å²) in [4.78, 5) is 31.4. The van der Waals surface area contributed by atoms with Crippen molar-refractivity contribution >= 4 is 45.6 Å². The maximum Gasteiger partial charge on any atom is 0.231 e. The zero-order valence-corrected chi connectivity index (χ0v) is 14.8. The van der Waals surface area contributed by atoms with Crippen molar-refractivity contribution in [2.24, 2.45) is 5.92 Å². The number of nitrogens with zero attached hydrogens (tertiary/aromatic N) is 2. The average Bonchev–Trinajstić information content (AvgIpc) is 3.13. The van der Waals surface area contributed by atoms with Gasteiger partial charge in [0.25, 0.3) is 0 Å². The Hall–Kier alpha value is -2.12. The minimum absolute atomic E-state index is 0.133. The van der Waals surface area contributed by atoms with E-state index in [1.54, 1.807) is 29.3 Å². The molecule has 0 spiro atoms. The summed E-state index contributed by atoms with van der Waals surface area (Å²) in [6.45, 7) is 2.20. The van der Waals surface area contributed by atoms with Gasteiger partial charge in [-0.15, -0.1) is 11.3 Å². The van der Waals surface area contributed by atoms with Crippen molar-refractivity contribution in [1.82, 2.24) is 4.98 Å². The lowest BCUT2D eigenvalue weighted by atomic mass is 10.1. The van der Waals surface area contributed by atoms with E-state index in [1.165, 1.54) is 18.4 Å². The molecule has 8 heteroatoms. The van der Waals surface area contributed by atoms with Crippen LogP contribution in [0.25, 0.3) is 0 Å². The van der Waals surface area contributed by atoms with E-state index >= 15 is 0 Å². The average molecular weight is 366 g/mol. The highest BCUT2D eigenvalue weighted by molar-refractivity contribution is 7.15. The largest absolute Gasteiger partial charge is 0.495 e. The lowest BCUT2D eigenvalue weighted by Gasteiger charge is -2.19. The summed E-state index contributed by atoms with van der Waals surface area (Å²) >= 11 is 7.43. The number of carbonyl (C=O) groups excluding carboxylic acids is 2. The third-order valence-electron chi connectivity index (χ3n) is 3.78. The van der Waals surface area contributed by atoms with Gasteiger partial charge in [0.1, 0.15) is 5.75 Å². The molecule has 1 aromatic carbocycles. The maximum absolute atomic E-state index is 12.4. The molecule has 1 N–H and O–H groups in total. The van der Waals surface area contributed by atoms with Crippen LogP contribution in [-0.2, 0) is 9.59 Å². The topological polar surface area (TPSA) is 71.5 Å². The minimum atomic E-state index is -0.439. The van der Waals surface area contributed by atoms with Crippen LogP contribution in [0.3, 0.4) is 0 Å². The summed E-state index contributed by atoms with van der Waals surface area (Å²) < 4.78 is 5.29. The second-order valence-corrected chi connectivity index (χ2v) is 7.16. The molecule has 126 valence electrons. The Bertz CT molecular complexity index is 793. The van der Waals surface area contributed by atoms with Crippen LogP contribution in [0.5, 0.6) is 5.75 Å². The molecule has 6 nitrogen and oxygen atoms in total. The summed E-state index contributed by atoms with van der Waals surface area (Å²) in [5.41, 5.74) is 0.579. The molecule has 1 atom stereocenters. The number of methoxy groups -OCH3 is 1. The molecule has 1 unspecified atom stereocenters. The van der Waals surface area contributed by atoms with Crippen molar-refractivity contribution in [2.75, 3.05) is 23.9 Å². The third-order valence-corrected chi connectivity index (χ3v) is 4.84. The van der Waals surface area contributed by atoms with E-state index in [-0.39, 0.29) is 24.8 Å². The molecular weight excluding hydrogens is 350 g/mol. The molecule has 3 rings (SSSR count). The number of aryl methyl sites for hydroxylation is 1. The van der Waals surface area contributed by atoms with Crippen LogP contribution in [0.4, 0.5) is 10.8 Å². The zero-order valence-electron chi connectivity index (χ0n) is 13.2. The highest BCUT2D eigenvalue weighted by Gasteiger charge is 2.36. The number of nitrogens with one attached hydrogen (secondary N) is 1. The van der Waals surface area contributed by atoms with Crippen LogP contribution in [0.2, 0.25) is 5.02 Å². The highest BCUT2D eigenvalue weighted by Crippen LogP contribution is 2.35. The first-order valence-electron chi connectivity index (χ1n) is 7.35. The Kier molecular flexibility index (Phi) is 4.73. The zero-order chi connectivity index (χ0) is 17.3. The molecule has 1 fully saturated rings. The number of aromatic nitrogens is 1. The van der Waals surface area contributed by atoms with Gasteiger partial charge in [0.2, 0.25) is 11.8 Å². The van der Waals surface area contributed by atoms with Gasteiger partial charge in [0.15, 0.2) is 5.13 Å². The molecule has 2 aromatic rings. The number of ether oxygens (including phenoxy) is 1. The van der Waals surface area contributed by atoms with Gasteiger partial charge in [-0.05, 0) is 25.1 Å². The summed E-state index contributed by atoms with van der Waals surface area (Å²) in [6, 6.07) is 5.07. The van der Waals surface area contributed by atoms with Crippen LogP contribution in [0, 0.1) is 12.8 Å². The van der Waals surface area contributed by atoms with E-state index < -0.39 is 5.92 Å². The number of benzene rings is 1. The van der Waals surface area contributed by atoms with Crippen molar-refractivity contribution in [3.8, 4) is 5.75 Å². The molecular formula is C16H16ClN3O3S. The van der Waals surface area contributed by atoms with Crippen molar-refractivity contribution < 1.29 is 14.3 Å². The first kappa shape index (κ1) is 16.7. The molecule has 1 aliphatic heterocycles. The SMILES string of the molecule is COc1ccc(Cl)cc1N1CC(C(=O)Nc2ncc(C)s2)CC1=O. The van der Waals surface area contributed by atoms with Gasteiger partial charge in [-0.25, -0.2) is 4.98 Å². The number of hydrogen-bond donors (Lipinski definition) is 1. The summed E-state index contributed by atoms with van der Waals surface area (Å²) in [5, 5.41) is 3.82. The summed E-state index contributed by atoms with van der Waals surface area (Å²) in [7, 11) is 1.53. The van der Waals surface area contributed by atoms with Crippen LogP contribution in [0.1, 0.15) is 11.3 Å². The predicted molar refractivity (Wildman–Crippen MR) is 93.9 cm³/mol. The normalized spacial score (nSPS) is 17.2. The van der Waals surface area contributed by atoms with E-state index in [2.05, 4.69) is 10.3 Å². The van der Waals surface area contributed by atoms with Gasteiger partial charge in [-0.3, -0.25) is 9.59 Å². The van der Waals surface area contributed by atoms with E-state index in [4.69, 9.17) is 16.3 Å². The second kappa shape index (κ2) is 6.78. The number of hydrogen-bond acceptors (Lipinski definition) is 5. The smallest absolute Gasteiger partial charge is 0.231 e. The lowest BCUT2D eigenvalue weighted by molar-refractivity contribution is -0.122. The number of rotatable bonds is 4. The first-order valence-corrected chi connectivity index (χ1v) is 8.54. The van der Waals surface area contributed by atoms with E-state index in [0.717, 1.165) is 4.88 Å². The van der Waals surface area contributed by atoms with Crippen LogP contribution in [-0.4, -0.2) is 30.5 Å². The fraction of sp³-hybridized carbons (Fsp3) is 0.312. The fourth-order valence-electron chi connectivity index (χ4n) is 2.61. The number of amides is 2. The number of thiazole rings is 1. The van der Waals surface area contributed by atoms with Crippen molar-refractivity contribution in [3.05, 3.63) is 34.3 Å². The predicted octanol–water partition coefficient (Wildman–Crippen LogP) is 3.11. The Balaban J connectivity index is 1.76. The number of anilines is 2.